The molecule has 0 aliphatic carbocycles. The van der Waals surface area contributed by atoms with Crippen LogP contribution in [0.1, 0.15) is 86.3 Å². The molecule has 39 heteroatoms. The van der Waals surface area contributed by atoms with E-state index in [1.165, 1.54) is 153 Å². The molecule has 0 unspecified atom stereocenters. The van der Waals surface area contributed by atoms with Crippen LogP contribution in [0.5, 0.6) is 0 Å². The number of fused-ring (bicyclic) bond motifs is 4. The van der Waals surface area contributed by atoms with Crippen LogP contribution in [0.25, 0.3) is 91.1 Å². The second-order valence-electron chi connectivity index (χ2n) is 35.8. The monoisotopic (exact) mass is 2030 g/mol. The third-order valence-electron chi connectivity index (χ3n) is 25.8. The van der Waals surface area contributed by atoms with Crippen molar-refractivity contribution < 1.29 is 54.3 Å². The number of halogens is 8. The maximum atomic E-state index is 13.6. The molecule has 740 valence electrons. The summed E-state index contributed by atoms with van der Waals surface area (Å²) in [6, 6.07) is 47.2. The summed E-state index contributed by atoms with van der Waals surface area (Å²) in [7, 11) is 3.95. The number of benzene rings is 8. The standard InChI is InChI=1S/C28H28F2N6OS.C27H26F2N6OS.C25H24F2N6OS.C25H23F2N5OS/c29-21-8-4-19(5-9-21)26-32-27(20-6-10-22(30)11-7-20)36(33-26)18-25(37)34-16-12-23-24(13-17-34)38-28(31-23)35-14-2-1-3-15-35;28-20-7-3-18(4-8-20)25-31-26(19-5-9-21(29)10-6-19)35(32-25)17-24(36)33-15-11-22-23(12-16-33)37-27(30-22)34-13-1-2-14-34;1-31(2)25-28-20-11-13-32(14-12-21(20)35-25)22(34)15-33-24(17-5-9-19(27)10-6-17)29-23(30-33)16-3-7-18(26)8-4-16;1-2-22-28-20-11-13-31(14-12-21(20)34-22)23(33)15-32-25(17-5-9-19(27)10-6-17)29-24(30-32)16-3-7-18(26)8-4-16/h4-11H,1-3,12-18H2;3-10H,1-2,11-17H2;3-10H,11-15H2,1-2H3;3-10H,2,11-15H2,1H3. The lowest BCUT2D eigenvalue weighted by Gasteiger charge is -2.26. The highest BCUT2D eigenvalue weighted by Crippen LogP contribution is 2.37. The van der Waals surface area contributed by atoms with Crippen LogP contribution in [0.4, 0.5) is 50.5 Å². The zero-order valence-electron chi connectivity index (χ0n) is 79.3. The fraction of sp³-hybridized carbons (Fsp3) is 0.314. The number of aromatic nitrogens is 16. The summed E-state index contributed by atoms with van der Waals surface area (Å²) in [5.74, 6) is 0.203. The Hall–Kier alpha value is -14.4. The second kappa shape index (κ2) is 44.6. The highest BCUT2D eigenvalue weighted by molar-refractivity contribution is 7.16. The first-order valence-electron chi connectivity index (χ1n) is 48.0. The van der Waals surface area contributed by atoms with Crippen LogP contribution in [-0.2, 0) is 103 Å². The summed E-state index contributed by atoms with van der Waals surface area (Å²) in [6.45, 7) is 11.2. The van der Waals surface area contributed by atoms with Gasteiger partial charge in [-0.05, 0) is 233 Å². The van der Waals surface area contributed by atoms with Gasteiger partial charge in [0.1, 0.15) is 72.7 Å². The summed E-state index contributed by atoms with van der Waals surface area (Å²) in [6.07, 6.45) is 13.1. The van der Waals surface area contributed by atoms with Gasteiger partial charge in [0, 0.05) is 208 Å². The smallest absolute Gasteiger partial charge is 0.244 e. The Morgan fingerprint density at radius 2 is 0.500 bits per heavy atom. The molecule has 2 fully saturated rings. The molecule has 0 radical (unpaired) electrons. The van der Waals surface area contributed by atoms with E-state index in [0.29, 0.717) is 150 Å². The van der Waals surface area contributed by atoms with Crippen LogP contribution >= 0.6 is 45.3 Å². The molecule has 6 aliphatic heterocycles. The number of carbonyl (C=O) groups excluding carboxylic acids is 4. The van der Waals surface area contributed by atoms with Crippen molar-refractivity contribution in [2.24, 2.45) is 0 Å². The molecule has 2 saturated heterocycles. The number of piperidine rings is 1. The number of hydrogen-bond donors (Lipinski definition) is 0. The Bertz CT molecular complexity index is 7100. The first-order chi connectivity index (χ1) is 69.9. The minimum Gasteiger partial charge on any atom is -0.354 e. The Labute approximate surface area is 841 Å². The van der Waals surface area contributed by atoms with E-state index in [1.807, 2.05) is 38.6 Å². The molecule has 4 amide bonds. The Morgan fingerprint density at radius 3 is 0.764 bits per heavy atom. The molecule has 14 heterocycles. The van der Waals surface area contributed by atoms with Gasteiger partial charge < -0.3 is 34.3 Å². The van der Waals surface area contributed by atoms with E-state index in [-0.39, 0.29) is 96.3 Å². The minimum absolute atomic E-state index is 0.00100. The fourth-order valence-corrected chi connectivity index (χ4v) is 22.3. The third kappa shape index (κ3) is 23.5. The van der Waals surface area contributed by atoms with Gasteiger partial charge in [0.05, 0.1) is 27.8 Å². The van der Waals surface area contributed by atoms with Gasteiger partial charge in [-0.15, -0.1) is 65.7 Å². The lowest BCUT2D eigenvalue weighted by molar-refractivity contribution is -0.132. The molecule has 27 nitrogen and oxygen atoms in total. The van der Waals surface area contributed by atoms with Crippen molar-refractivity contribution in [3.63, 3.8) is 0 Å². The average molecular weight is 2030 g/mol. The highest BCUT2D eigenvalue weighted by Gasteiger charge is 2.33. The molecule has 22 rings (SSSR count). The number of thiazole rings is 4. The van der Waals surface area contributed by atoms with Crippen LogP contribution in [0.3, 0.4) is 0 Å². The summed E-state index contributed by atoms with van der Waals surface area (Å²) in [5.41, 5.74) is 9.47. The van der Waals surface area contributed by atoms with E-state index in [4.69, 9.17) is 19.9 Å². The predicted molar refractivity (Wildman–Crippen MR) is 539 cm³/mol. The number of nitrogens with zero attached hydrogens (tertiary/aromatic N) is 23. The molecule has 16 aromatic rings. The molecule has 8 aromatic carbocycles. The molecule has 0 atom stereocenters. The summed E-state index contributed by atoms with van der Waals surface area (Å²) in [5, 5.41) is 22.6. The largest absolute Gasteiger partial charge is 0.354 e. The fourth-order valence-electron chi connectivity index (χ4n) is 17.9. The average Bonchev–Trinajstić information content (AvgIpc) is 1.67. The molecule has 144 heavy (non-hydrogen) atoms. The van der Waals surface area contributed by atoms with Crippen LogP contribution in [0.2, 0.25) is 0 Å². The number of anilines is 3. The Balaban J connectivity index is 0.000000122. The van der Waals surface area contributed by atoms with Crippen molar-refractivity contribution in [1.82, 2.24) is 98.6 Å². The number of rotatable bonds is 20. The maximum Gasteiger partial charge on any atom is 0.244 e. The Morgan fingerprint density at radius 1 is 0.271 bits per heavy atom. The van der Waals surface area contributed by atoms with E-state index in [1.54, 1.807) is 156 Å². The third-order valence-corrected chi connectivity index (χ3v) is 30.8. The molecular formula is C105H101F8N23O4S4. The number of amides is 4. The molecule has 0 N–H and O–H groups in total. The topological polar surface area (TPSA) is 265 Å². The first-order valence-corrected chi connectivity index (χ1v) is 51.3. The van der Waals surface area contributed by atoms with Gasteiger partial charge in [-0.1, -0.05) is 6.92 Å². The van der Waals surface area contributed by atoms with Crippen LogP contribution in [-0.4, -0.2) is 215 Å². The number of hydrogen-bond acceptors (Lipinski definition) is 23. The van der Waals surface area contributed by atoms with E-state index in [9.17, 15) is 54.3 Å². The van der Waals surface area contributed by atoms with Gasteiger partial charge in [-0.2, -0.15) is 0 Å². The van der Waals surface area contributed by atoms with Crippen LogP contribution in [0, 0.1) is 46.5 Å². The zero-order chi connectivity index (χ0) is 99.6. The molecule has 8 aromatic heterocycles. The summed E-state index contributed by atoms with van der Waals surface area (Å²) in [4.78, 5) is 110. The maximum absolute atomic E-state index is 13.6. The minimum atomic E-state index is -0.363. The van der Waals surface area contributed by atoms with Crippen LogP contribution < -0.4 is 14.7 Å². The molecule has 0 bridgehead atoms. The van der Waals surface area contributed by atoms with Gasteiger partial charge in [0.2, 0.25) is 23.6 Å². The lowest BCUT2D eigenvalue weighted by Crippen LogP contribution is -2.36. The molecule has 6 aliphatic rings. The van der Waals surface area contributed by atoms with E-state index >= 15 is 0 Å². The van der Waals surface area contributed by atoms with Gasteiger partial charge in [0.25, 0.3) is 0 Å². The molecule has 0 spiro atoms. The first kappa shape index (κ1) is 98.3. The summed E-state index contributed by atoms with van der Waals surface area (Å²) >= 11 is 6.93. The van der Waals surface area contributed by atoms with E-state index in [0.717, 1.165) is 121 Å². The number of carbonyl (C=O) groups is 4. The van der Waals surface area contributed by atoms with E-state index < -0.39 is 0 Å². The van der Waals surface area contributed by atoms with Crippen molar-refractivity contribution in [2.75, 3.05) is 107 Å². The van der Waals surface area contributed by atoms with Crippen LogP contribution in [0.15, 0.2) is 194 Å². The quantitative estimate of drug-likeness (QED) is 0.0642. The van der Waals surface area contributed by atoms with Crippen molar-refractivity contribution >= 4 is 84.4 Å². The van der Waals surface area contributed by atoms with Gasteiger partial charge >= 0.3 is 0 Å². The van der Waals surface area contributed by atoms with Crippen molar-refractivity contribution in [1.29, 1.82) is 0 Å². The highest BCUT2D eigenvalue weighted by atomic mass is 32.1. The van der Waals surface area contributed by atoms with Gasteiger partial charge in [-0.3, -0.25) is 19.2 Å². The SMILES string of the molecule is CCc1nc2c(s1)CCN(C(=O)Cn1nc(-c3ccc(F)cc3)nc1-c1ccc(F)cc1)CC2.CN(C)c1nc2c(s1)CCN(C(=O)Cn1nc(-c3ccc(F)cc3)nc1-c1ccc(F)cc1)CC2.O=C(Cn1nc(-c2ccc(F)cc2)nc1-c1ccc(F)cc1)N1CCc2nc(N3CCCC3)sc2CC1.O=C(Cn1nc(-c2ccc(F)cc2)nc1-c1ccc(F)cc1)N1CCc2nc(N3CCCCC3)sc2CC1. The summed E-state index contributed by atoms with van der Waals surface area (Å²) < 4.78 is 114. The normalized spacial score (nSPS) is 14.7. The van der Waals surface area contributed by atoms with Gasteiger partial charge in [-0.25, -0.2) is 93.7 Å². The number of aryl methyl sites for hydroxylation is 1. The molecule has 0 saturated carbocycles. The van der Waals surface area contributed by atoms with Crippen molar-refractivity contribution in [3.8, 4) is 91.1 Å². The zero-order valence-corrected chi connectivity index (χ0v) is 82.5. The second-order valence-corrected chi connectivity index (χ2v) is 40.2. The van der Waals surface area contributed by atoms with Crippen molar-refractivity contribution in [2.45, 2.75) is 123 Å². The lowest BCUT2D eigenvalue weighted by atomic mass is 10.1. The Kier molecular flexibility index (Phi) is 30.5. The van der Waals surface area contributed by atoms with Crippen molar-refractivity contribution in [3.05, 3.63) is 288 Å². The van der Waals surface area contributed by atoms with Gasteiger partial charge in [0.15, 0.2) is 62.0 Å². The predicted octanol–water partition coefficient (Wildman–Crippen LogP) is 18.1. The molecular weight excluding hydrogens is 1930 g/mol. The van der Waals surface area contributed by atoms with E-state index in [2.05, 4.69) is 57.1 Å².